The number of amides is 1. The zero-order valence-corrected chi connectivity index (χ0v) is 16.3. The highest BCUT2D eigenvalue weighted by Crippen LogP contribution is 2.39. The second-order valence-corrected chi connectivity index (χ2v) is 7.61. The zero-order chi connectivity index (χ0) is 20.1. The minimum atomic E-state index is -2.99. The molecule has 2 heterocycles. The number of benzene rings is 2. The van der Waals surface area contributed by atoms with Crippen LogP contribution in [0, 0.1) is 0 Å². The molecule has 4 nitrogen and oxygen atoms in total. The van der Waals surface area contributed by atoms with Crippen LogP contribution in [0.3, 0.4) is 0 Å². The highest BCUT2D eigenvalue weighted by Gasteiger charge is 2.38. The van der Waals surface area contributed by atoms with E-state index in [-0.39, 0.29) is 12.5 Å². The number of rotatable bonds is 4. The standard InChI is InChI=1S/C20H15Cl2F2N3O/c1-20(23,24)10-26-11-27-17(12-6-8-13(21)9-7-12)16(25-18(27)19(26)28)14-4-2-3-5-15(14)22/h2-9H,10-11H2,1H3. The molecule has 0 radical (unpaired) electrons. The summed E-state index contributed by atoms with van der Waals surface area (Å²) in [5.41, 5.74) is 2.58. The Morgan fingerprint density at radius 1 is 1.11 bits per heavy atom. The van der Waals surface area contributed by atoms with E-state index in [0.29, 0.717) is 27.0 Å². The number of carbonyl (C=O) groups is 1. The van der Waals surface area contributed by atoms with Crippen molar-refractivity contribution in [2.24, 2.45) is 0 Å². The van der Waals surface area contributed by atoms with Crippen LogP contribution in [0.15, 0.2) is 48.5 Å². The summed E-state index contributed by atoms with van der Waals surface area (Å²) >= 11 is 12.4. The van der Waals surface area contributed by atoms with Crippen molar-refractivity contribution in [3.63, 3.8) is 0 Å². The van der Waals surface area contributed by atoms with Crippen LogP contribution in [-0.2, 0) is 6.67 Å². The first kappa shape index (κ1) is 18.9. The summed E-state index contributed by atoms with van der Waals surface area (Å²) in [5.74, 6) is -3.41. The predicted octanol–water partition coefficient (Wildman–Crippen LogP) is 5.59. The molecule has 1 amide bonds. The van der Waals surface area contributed by atoms with Gasteiger partial charge in [-0.25, -0.2) is 13.8 Å². The Hall–Kier alpha value is -2.44. The van der Waals surface area contributed by atoms with E-state index in [9.17, 15) is 13.6 Å². The lowest BCUT2D eigenvalue weighted by molar-refractivity contribution is -0.0131. The molecule has 0 unspecified atom stereocenters. The van der Waals surface area contributed by atoms with Crippen LogP contribution >= 0.6 is 23.2 Å². The molecule has 1 aliphatic rings. The molecule has 0 aliphatic carbocycles. The smallest absolute Gasteiger partial charge is 0.291 e. The van der Waals surface area contributed by atoms with Crippen molar-refractivity contribution in [1.82, 2.24) is 14.5 Å². The van der Waals surface area contributed by atoms with Gasteiger partial charge in [0.05, 0.1) is 23.0 Å². The summed E-state index contributed by atoms with van der Waals surface area (Å²) in [6, 6.07) is 14.2. The summed E-state index contributed by atoms with van der Waals surface area (Å²) in [4.78, 5) is 18.3. The van der Waals surface area contributed by atoms with Gasteiger partial charge in [0, 0.05) is 23.1 Å². The van der Waals surface area contributed by atoms with Crippen molar-refractivity contribution in [2.45, 2.75) is 19.5 Å². The average Bonchev–Trinajstić information content (AvgIpc) is 3.12. The van der Waals surface area contributed by atoms with Gasteiger partial charge in [0.15, 0.2) is 0 Å². The quantitative estimate of drug-likeness (QED) is 0.550. The molecule has 28 heavy (non-hydrogen) atoms. The maximum atomic E-state index is 13.5. The van der Waals surface area contributed by atoms with Gasteiger partial charge in [-0.3, -0.25) is 4.79 Å². The molecule has 4 rings (SSSR count). The van der Waals surface area contributed by atoms with Gasteiger partial charge in [0.1, 0.15) is 6.67 Å². The fraction of sp³-hybridized carbons (Fsp3) is 0.200. The minimum Gasteiger partial charge on any atom is -0.312 e. The average molecular weight is 422 g/mol. The predicted molar refractivity (Wildman–Crippen MR) is 105 cm³/mol. The fourth-order valence-corrected chi connectivity index (χ4v) is 3.68. The van der Waals surface area contributed by atoms with E-state index in [1.165, 1.54) is 0 Å². The molecule has 0 N–H and O–H groups in total. The van der Waals surface area contributed by atoms with Gasteiger partial charge in [0.25, 0.3) is 11.8 Å². The van der Waals surface area contributed by atoms with Crippen LogP contribution in [0.2, 0.25) is 10.0 Å². The third kappa shape index (κ3) is 3.38. The van der Waals surface area contributed by atoms with Crippen molar-refractivity contribution in [3.05, 3.63) is 64.4 Å². The third-order valence-electron chi connectivity index (χ3n) is 4.47. The van der Waals surface area contributed by atoms with Gasteiger partial charge in [0.2, 0.25) is 5.82 Å². The monoisotopic (exact) mass is 421 g/mol. The van der Waals surface area contributed by atoms with Gasteiger partial charge >= 0.3 is 0 Å². The number of halogens is 4. The molecule has 0 bridgehead atoms. The van der Waals surface area contributed by atoms with Gasteiger partial charge in [-0.2, -0.15) is 0 Å². The second kappa shape index (κ2) is 6.87. The number of hydrogen-bond donors (Lipinski definition) is 0. The topological polar surface area (TPSA) is 38.1 Å². The lowest BCUT2D eigenvalue weighted by atomic mass is 10.0. The summed E-state index contributed by atoms with van der Waals surface area (Å²) in [6.45, 7) is 0.111. The Kier molecular flexibility index (Phi) is 4.63. The second-order valence-electron chi connectivity index (χ2n) is 6.76. The van der Waals surface area contributed by atoms with Crippen LogP contribution in [-0.4, -0.2) is 32.8 Å². The molecule has 0 fully saturated rings. The number of hydrogen-bond acceptors (Lipinski definition) is 2. The molecule has 0 saturated carbocycles. The van der Waals surface area contributed by atoms with Crippen LogP contribution in [0.25, 0.3) is 22.5 Å². The van der Waals surface area contributed by atoms with Gasteiger partial charge in [-0.15, -0.1) is 0 Å². The number of alkyl halides is 2. The molecular weight excluding hydrogens is 407 g/mol. The molecule has 0 saturated heterocycles. The normalized spacial score (nSPS) is 13.9. The highest BCUT2D eigenvalue weighted by atomic mass is 35.5. The van der Waals surface area contributed by atoms with Crippen molar-refractivity contribution >= 4 is 29.1 Å². The molecule has 144 valence electrons. The number of fused-ring (bicyclic) bond motifs is 1. The maximum Gasteiger partial charge on any atom is 0.291 e. The van der Waals surface area contributed by atoms with Gasteiger partial charge in [-0.1, -0.05) is 53.5 Å². The van der Waals surface area contributed by atoms with Crippen LogP contribution in [0.4, 0.5) is 8.78 Å². The molecule has 2 aromatic carbocycles. The summed E-state index contributed by atoms with van der Waals surface area (Å²) in [5, 5.41) is 1.05. The van der Waals surface area contributed by atoms with Crippen molar-refractivity contribution in [1.29, 1.82) is 0 Å². The number of imidazole rings is 1. The first-order valence-corrected chi connectivity index (χ1v) is 9.28. The Morgan fingerprint density at radius 3 is 2.43 bits per heavy atom. The fourth-order valence-electron chi connectivity index (χ4n) is 3.33. The lowest BCUT2D eigenvalue weighted by Crippen LogP contribution is -2.35. The number of aromatic nitrogens is 2. The van der Waals surface area contributed by atoms with Crippen molar-refractivity contribution in [3.8, 4) is 22.5 Å². The molecule has 0 spiro atoms. The first-order valence-electron chi connectivity index (χ1n) is 8.53. The molecule has 1 aliphatic heterocycles. The first-order chi connectivity index (χ1) is 13.2. The van der Waals surface area contributed by atoms with Gasteiger partial charge in [-0.05, 0) is 18.2 Å². The zero-order valence-electron chi connectivity index (χ0n) is 14.8. The SMILES string of the molecule is CC(F)(F)CN1Cn2c(nc(-c3ccccc3Cl)c2-c2ccc(Cl)cc2)C1=O. The summed E-state index contributed by atoms with van der Waals surface area (Å²) < 4.78 is 28.6. The molecule has 1 aromatic heterocycles. The van der Waals surface area contributed by atoms with Crippen molar-refractivity contribution in [2.75, 3.05) is 6.54 Å². The minimum absolute atomic E-state index is 0.00694. The number of nitrogens with zero attached hydrogens (tertiary/aromatic N) is 3. The lowest BCUT2D eigenvalue weighted by Gasteiger charge is -2.20. The van der Waals surface area contributed by atoms with E-state index in [1.54, 1.807) is 41.0 Å². The van der Waals surface area contributed by atoms with Crippen LogP contribution < -0.4 is 0 Å². The van der Waals surface area contributed by atoms with E-state index in [4.69, 9.17) is 23.2 Å². The molecule has 3 aromatic rings. The Morgan fingerprint density at radius 2 is 1.79 bits per heavy atom. The third-order valence-corrected chi connectivity index (χ3v) is 5.05. The molecule has 8 heteroatoms. The van der Waals surface area contributed by atoms with E-state index >= 15 is 0 Å². The Bertz CT molecular complexity index is 1060. The van der Waals surface area contributed by atoms with Crippen LogP contribution in [0.1, 0.15) is 17.5 Å². The van der Waals surface area contributed by atoms with E-state index < -0.39 is 18.4 Å². The molecular formula is C20H15Cl2F2N3O. The summed E-state index contributed by atoms with van der Waals surface area (Å²) in [6.07, 6.45) is 0. The maximum absolute atomic E-state index is 13.5. The van der Waals surface area contributed by atoms with E-state index in [2.05, 4.69) is 4.98 Å². The summed E-state index contributed by atoms with van der Waals surface area (Å²) in [7, 11) is 0. The highest BCUT2D eigenvalue weighted by molar-refractivity contribution is 6.33. The Labute approximate surface area is 170 Å². The van der Waals surface area contributed by atoms with E-state index in [1.807, 2.05) is 12.1 Å². The van der Waals surface area contributed by atoms with Gasteiger partial charge < -0.3 is 9.47 Å². The largest absolute Gasteiger partial charge is 0.312 e. The number of carbonyl (C=O) groups excluding carboxylic acids is 1. The van der Waals surface area contributed by atoms with E-state index in [0.717, 1.165) is 17.4 Å². The Balaban J connectivity index is 1.88. The molecule has 0 atom stereocenters. The van der Waals surface area contributed by atoms with Crippen LogP contribution in [0.5, 0.6) is 0 Å². The van der Waals surface area contributed by atoms with Crippen molar-refractivity contribution < 1.29 is 13.6 Å².